The Labute approximate surface area is 72.5 Å². The third-order valence-electron chi connectivity index (χ3n) is 2.24. The molecule has 1 fully saturated rings. The van der Waals surface area contributed by atoms with E-state index in [0.29, 0.717) is 6.61 Å². The van der Waals surface area contributed by atoms with Crippen molar-refractivity contribution in [1.82, 2.24) is 5.32 Å². The number of hydrogen-bond acceptors (Lipinski definition) is 2. The van der Waals surface area contributed by atoms with Gasteiger partial charge in [-0.1, -0.05) is 0 Å². The summed E-state index contributed by atoms with van der Waals surface area (Å²) in [5, 5.41) is 2.78. The lowest BCUT2D eigenvalue weighted by molar-refractivity contribution is -0.119. The quantitative estimate of drug-likeness (QED) is 0.614. The molecule has 66 valence electrons. The summed E-state index contributed by atoms with van der Waals surface area (Å²) in [5.41, 5.74) is -0.168. The van der Waals surface area contributed by atoms with Crippen LogP contribution in [-0.2, 0) is 9.53 Å². The van der Waals surface area contributed by atoms with Crippen LogP contribution in [-0.4, -0.2) is 25.2 Å². The number of carbonyl (C=O) groups excluding carboxylic acids is 1. The lowest BCUT2D eigenvalue weighted by Gasteiger charge is -2.41. The molecule has 1 aliphatic rings. The second-order valence-electron chi connectivity index (χ2n) is 3.17. The average molecular weight is 167 g/mol. The Bertz CT molecular complexity index is 213. The van der Waals surface area contributed by atoms with Crippen molar-refractivity contribution < 1.29 is 9.53 Å². The number of amides is 1. The molecule has 0 aromatic heterocycles. The van der Waals surface area contributed by atoms with Crippen molar-refractivity contribution in [2.45, 2.75) is 24.8 Å². The molecule has 1 amide bonds. The normalized spacial score (nSPS) is 19.0. The number of ether oxygens (including phenoxy) is 1. The van der Waals surface area contributed by atoms with E-state index in [1.54, 1.807) is 7.11 Å². The van der Waals surface area contributed by atoms with Crippen LogP contribution in [0.5, 0.6) is 0 Å². The van der Waals surface area contributed by atoms with Gasteiger partial charge in [0.1, 0.15) is 0 Å². The standard InChI is InChI=1S/C9H13NO2/c1-3-8(11)10-9(7-12-2)5-4-6-9/h1H,4-7H2,2H3,(H,10,11). The Balaban J connectivity index is 2.45. The lowest BCUT2D eigenvalue weighted by atomic mass is 9.77. The van der Waals surface area contributed by atoms with Gasteiger partial charge in [0, 0.05) is 7.11 Å². The van der Waals surface area contributed by atoms with Crippen molar-refractivity contribution in [3.05, 3.63) is 0 Å². The largest absolute Gasteiger partial charge is 0.382 e. The van der Waals surface area contributed by atoms with E-state index in [0.717, 1.165) is 19.3 Å². The second-order valence-corrected chi connectivity index (χ2v) is 3.17. The van der Waals surface area contributed by atoms with E-state index in [2.05, 4.69) is 5.32 Å². The summed E-state index contributed by atoms with van der Waals surface area (Å²) in [6.07, 6.45) is 8.02. The monoisotopic (exact) mass is 167 g/mol. The third-order valence-corrected chi connectivity index (χ3v) is 2.24. The number of carbonyl (C=O) groups is 1. The molecule has 3 nitrogen and oxygen atoms in total. The SMILES string of the molecule is C#CC(=O)NC1(COC)CCC1. The van der Waals surface area contributed by atoms with Crippen molar-refractivity contribution in [3.8, 4) is 12.3 Å². The maximum Gasteiger partial charge on any atom is 0.296 e. The number of rotatable bonds is 3. The molecule has 1 N–H and O–H groups in total. The van der Waals surface area contributed by atoms with Gasteiger partial charge < -0.3 is 10.1 Å². The van der Waals surface area contributed by atoms with Gasteiger partial charge in [-0.05, 0) is 25.2 Å². The fourth-order valence-corrected chi connectivity index (χ4v) is 1.46. The molecule has 0 aromatic rings. The summed E-state index contributed by atoms with van der Waals surface area (Å²) in [6, 6.07) is 0. The van der Waals surface area contributed by atoms with E-state index in [1.165, 1.54) is 0 Å². The molecule has 1 saturated carbocycles. The molecular formula is C9H13NO2. The van der Waals surface area contributed by atoms with Crippen LogP contribution in [0.3, 0.4) is 0 Å². The minimum Gasteiger partial charge on any atom is -0.382 e. The first-order valence-electron chi connectivity index (χ1n) is 4.00. The summed E-state index contributed by atoms with van der Waals surface area (Å²) in [4.78, 5) is 10.9. The van der Waals surface area contributed by atoms with Crippen molar-refractivity contribution >= 4 is 5.91 Å². The van der Waals surface area contributed by atoms with Crippen LogP contribution in [0.4, 0.5) is 0 Å². The van der Waals surface area contributed by atoms with Crippen LogP contribution in [0.1, 0.15) is 19.3 Å². The van der Waals surface area contributed by atoms with Gasteiger partial charge >= 0.3 is 0 Å². The third kappa shape index (κ3) is 1.77. The molecule has 0 bridgehead atoms. The van der Waals surface area contributed by atoms with Crippen LogP contribution in [0.15, 0.2) is 0 Å². The Kier molecular flexibility index (Phi) is 2.72. The van der Waals surface area contributed by atoms with E-state index in [-0.39, 0.29) is 11.4 Å². The van der Waals surface area contributed by atoms with E-state index in [4.69, 9.17) is 11.2 Å². The molecule has 0 atom stereocenters. The molecule has 0 aliphatic heterocycles. The topological polar surface area (TPSA) is 38.3 Å². The average Bonchev–Trinajstić information content (AvgIpc) is 2.00. The second kappa shape index (κ2) is 3.59. The highest BCUT2D eigenvalue weighted by Gasteiger charge is 2.37. The smallest absolute Gasteiger partial charge is 0.296 e. The van der Waals surface area contributed by atoms with Gasteiger partial charge in [0.05, 0.1) is 12.1 Å². The Morgan fingerprint density at radius 2 is 2.42 bits per heavy atom. The molecule has 0 saturated heterocycles. The number of methoxy groups -OCH3 is 1. The van der Waals surface area contributed by atoms with Crippen molar-refractivity contribution in [2.75, 3.05) is 13.7 Å². The predicted molar refractivity (Wildman–Crippen MR) is 45.4 cm³/mol. The number of terminal acetylenes is 1. The molecule has 0 heterocycles. The van der Waals surface area contributed by atoms with E-state index >= 15 is 0 Å². The summed E-state index contributed by atoms with van der Waals surface area (Å²) in [5.74, 6) is 1.70. The summed E-state index contributed by atoms with van der Waals surface area (Å²) in [7, 11) is 1.63. The van der Waals surface area contributed by atoms with Crippen LogP contribution in [0, 0.1) is 12.3 Å². The molecule has 3 heteroatoms. The zero-order chi connectivity index (χ0) is 9.03. The van der Waals surface area contributed by atoms with Crippen molar-refractivity contribution in [1.29, 1.82) is 0 Å². The van der Waals surface area contributed by atoms with Crippen LogP contribution >= 0.6 is 0 Å². The lowest BCUT2D eigenvalue weighted by Crippen LogP contribution is -2.56. The first-order valence-corrected chi connectivity index (χ1v) is 4.00. The number of hydrogen-bond donors (Lipinski definition) is 1. The van der Waals surface area contributed by atoms with Gasteiger partial charge in [0.25, 0.3) is 5.91 Å². The van der Waals surface area contributed by atoms with E-state index in [9.17, 15) is 4.79 Å². The molecule has 0 radical (unpaired) electrons. The minimum atomic E-state index is -0.341. The first-order chi connectivity index (χ1) is 5.72. The first kappa shape index (κ1) is 9.08. The zero-order valence-corrected chi connectivity index (χ0v) is 7.22. The Morgan fingerprint density at radius 1 is 1.75 bits per heavy atom. The van der Waals surface area contributed by atoms with Crippen LogP contribution in [0.2, 0.25) is 0 Å². The highest BCUT2D eigenvalue weighted by atomic mass is 16.5. The van der Waals surface area contributed by atoms with Crippen molar-refractivity contribution in [2.24, 2.45) is 0 Å². The minimum absolute atomic E-state index is 0.168. The fourth-order valence-electron chi connectivity index (χ4n) is 1.46. The molecular weight excluding hydrogens is 154 g/mol. The Morgan fingerprint density at radius 3 is 2.75 bits per heavy atom. The molecule has 1 rings (SSSR count). The van der Waals surface area contributed by atoms with Crippen LogP contribution in [0.25, 0.3) is 0 Å². The maximum atomic E-state index is 10.9. The van der Waals surface area contributed by atoms with Gasteiger partial charge in [-0.2, -0.15) is 0 Å². The molecule has 1 aliphatic carbocycles. The van der Waals surface area contributed by atoms with Gasteiger partial charge in [-0.15, -0.1) is 6.42 Å². The summed E-state index contributed by atoms with van der Waals surface area (Å²) >= 11 is 0. The summed E-state index contributed by atoms with van der Waals surface area (Å²) in [6.45, 7) is 0.556. The molecule has 0 unspecified atom stereocenters. The maximum absolute atomic E-state index is 10.9. The zero-order valence-electron chi connectivity index (χ0n) is 7.22. The molecule has 0 spiro atoms. The molecule has 12 heavy (non-hydrogen) atoms. The van der Waals surface area contributed by atoms with Crippen LogP contribution < -0.4 is 5.32 Å². The van der Waals surface area contributed by atoms with Gasteiger partial charge in [-0.3, -0.25) is 4.79 Å². The highest BCUT2D eigenvalue weighted by Crippen LogP contribution is 2.31. The van der Waals surface area contributed by atoms with Crippen molar-refractivity contribution in [3.63, 3.8) is 0 Å². The Hall–Kier alpha value is -1.01. The van der Waals surface area contributed by atoms with Gasteiger partial charge in [-0.25, -0.2) is 0 Å². The number of nitrogens with one attached hydrogen (secondary N) is 1. The van der Waals surface area contributed by atoms with Gasteiger partial charge in [0.15, 0.2) is 0 Å². The van der Waals surface area contributed by atoms with E-state index in [1.807, 2.05) is 5.92 Å². The fraction of sp³-hybridized carbons (Fsp3) is 0.667. The van der Waals surface area contributed by atoms with E-state index < -0.39 is 0 Å². The predicted octanol–water partition coefficient (Wildman–Crippen LogP) is 0.305. The summed E-state index contributed by atoms with van der Waals surface area (Å²) < 4.78 is 5.01. The molecule has 0 aromatic carbocycles. The highest BCUT2D eigenvalue weighted by molar-refractivity contribution is 5.93. The van der Waals surface area contributed by atoms with Gasteiger partial charge in [0.2, 0.25) is 0 Å².